The normalized spacial score (nSPS) is 17.1. The highest BCUT2D eigenvalue weighted by Crippen LogP contribution is 2.37. The molecule has 1 fully saturated rings. The summed E-state index contributed by atoms with van der Waals surface area (Å²) in [5.41, 5.74) is 3.06. The Morgan fingerprint density at radius 2 is 1.81 bits per heavy atom. The molecule has 1 amide bonds. The molecule has 3 N–H and O–H groups in total. The van der Waals surface area contributed by atoms with Crippen LogP contribution >= 0.6 is 0 Å². The minimum Gasteiger partial charge on any atom is -0.465 e. The molecule has 0 unspecified atom stereocenters. The molecule has 0 radical (unpaired) electrons. The number of amides is 1. The van der Waals surface area contributed by atoms with Gasteiger partial charge in [0.25, 0.3) is 10.0 Å². The highest BCUT2D eigenvalue weighted by molar-refractivity contribution is 7.90. The molecule has 0 spiro atoms. The van der Waals surface area contributed by atoms with E-state index in [0.717, 1.165) is 28.8 Å². The smallest absolute Gasteiger partial charge is 0.404 e. The molecule has 2 aromatic carbocycles. The van der Waals surface area contributed by atoms with Crippen LogP contribution < -0.4 is 10.6 Å². The lowest BCUT2D eigenvalue weighted by Gasteiger charge is -2.31. The Morgan fingerprint density at radius 3 is 2.55 bits per heavy atom. The van der Waals surface area contributed by atoms with E-state index >= 15 is 0 Å². The zero-order valence-electron chi connectivity index (χ0n) is 22.7. The van der Waals surface area contributed by atoms with Crippen molar-refractivity contribution in [2.75, 3.05) is 5.32 Å². The standard InChI is InChI=1S/C30H27N7O4S/c1-18-9-11-21(12-10-18)42(40,41)37-17-24(22-6-4-5-19(13-31)28(22)37)23-16-32-14-20-15-33-29(36-27(20)23)34-25-7-2-3-8-26(25)35-30(38)39/h4-6,9-12,14-17,25-26,35H,2-3,7-8H2,1H3,(H,38,39)(H,33,34,36)/t25-,26+/m1/s1. The van der Waals surface area contributed by atoms with Crippen molar-refractivity contribution in [2.45, 2.75) is 49.6 Å². The Morgan fingerprint density at radius 1 is 1.05 bits per heavy atom. The first-order valence-electron chi connectivity index (χ1n) is 13.5. The molecule has 3 heterocycles. The SMILES string of the molecule is Cc1ccc(S(=O)(=O)n2cc(-c3cncc4cnc(N[C@@H]5CCCC[C@@H]5NC(=O)O)nc34)c3cccc(C#N)c32)cc1. The van der Waals surface area contributed by atoms with Gasteiger partial charge in [-0.05, 0) is 38.0 Å². The van der Waals surface area contributed by atoms with Crippen molar-refractivity contribution in [1.82, 2.24) is 24.2 Å². The van der Waals surface area contributed by atoms with Gasteiger partial charge in [0, 0.05) is 52.7 Å². The Kier molecular flexibility index (Phi) is 6.96. The number of hydrogen-bond acceptors (Lipinski definition) is 8. The fourth-order valence-corrected chi connectivity index (χ4v) is 6.98. The van der Waals surface area contributed by atoms with Crippen LogP contribution in [0.3, 0.4) is 0 Å². The average molecular weight is 582 g/mol. The van der Waals surface area contributed by atoms with E-state index in [1.807, 2.05) is 6.92 Å². The molecule has 12 heteroatoms. The van der Waals surface area contributed by atoms with E-state index in [9.17, 15) is 23.6 Å². The summed E-state index contributed by atoms with van der Waals surface area (Å²) in [4.78, 5) is 25.0. The number of hydrogen-bond donors (Lipinski definition) is 3. The van der Waals surface area contributed by atoms with Gasteiger partial charge in [0.15, 0.2) is 0 Å². The number of aryl methyl sites for hydroxylation is 1. The maximum atomic E-state index is 13.9. The van der Waals surface area contributed by atoms with E-state index in [-0.39, 0.29) is 28.1 Å². The molecular weight excluding hydrogens is 554 g/mol. The summed E-state index contributed by atoms with van der Waals surface area (Å²) in [6.07, 6.45) is 8.67. The molecule has 1 saturated carbocycles. The van der Waals surface area contributed by atoms with E-state index in [2.05, 4.69) is 26.7 Å². The lowest BCUT2D eigenvalue weighted by molar-refractivity contribution is 0.184. The third kappa shape index (κ3) is 4.88. The summed E-state index contributed by atoms with van der Waals surface area (Å²) in [7, 11) is -4.05. The van der Waals surface area contributed by atoms with Crippen molar-refractivity contribution < 1.29 is 18.3 Å². The number of para-hydroxylation sites is 1. The van der Waals surface area contributed by atoms with E-state index in [0.29, 0.717) is 39.8 Å². The molecule has 42 heavy (non-hydrogen) atoms. The molecule has 0 bridgehead atoms. The van der Waals surface area contributed by atoms with Gasteiger partial charge >= 0.3 is 6.09 Å². The van der Waals surface area contributed by atoms with Crippen LogP contribution in [0, 0.1) is 18.3 Å². The number of fused-ring (bicyclic) bond motifs is 2. The van der Waals surface area contributed by atoms with Crippen LogP contribution in [0.5, 0.6) is 0 Å². The number of rotatable bonds is 6. The number of benzene rings is 2. The third-order valence-electron chi connectivity index (χ3n) is 7.66. The molecule has 5 aromatic rings. The second kappa shape index (κ2) is 10.8. The van der Waals surface area contributed by atoms with Crippen LogP contribution in [0.2, 0.25) is 0 Å². The maximum Gasteiger partial charge on any atom is 0.404 e. The van der Waals surface area contributed by atoms with Crippen LogP contribution in [0.1, 0.15) is 36.8 Å². The number of carboxylic acid groups (broad SMARTS) is 1. The summed E-state index contributed by atoms with van der Waals surface area (Å²) >= 11 is 0. The van der Waals surface area contributed by atoms with Gasteiger partial charge in [-0.15, -0.1) is 0 Å². The fraction of sp³-hybridized carbons (Fsp3) is 0.233. The van der Waals surface area contributed by atoms with Gasteiger partial charge in [0.2, 0.25) is 5.95 Å². The highest BCUT2D eigenvalue weighted by Gasteiger charge is 2.28. The second-order valence-electron chi connectivity index (χ2n) is 10.4. The van der Waals surface area contributed by atoms with Crippen molar-refractivity contribution in [3.05, 3.63) is 78.4 Å². The quantitative estimate of drug-likeness (QED) is 0.249. The molecule has 6 rings (SSSR count). The Bertz CT molecular complexity index is 1980. The van der Waals surface area contributed by atoms with Crippen molar-refractivity contribution in [1.29, 1.82) is 5.26 Å². The van der Waals surface area contributed by atoms with E-state index < -0.39 is 16.1 Å². The molecule has 11 nitrogen and oxygen atoms in total. The van der Waals surface area contributed by atoms with Crippen LogP contribution in [-0.4, -0.2) is 50.6 Å². The number of nitriles is 1. The predicted molar refractivity (Wildman–Crippen MR) is 158 cm³/mol. The van der Waals surface area contributed by atoms with Gasteiger partial charge in [-0.1, -0.05) is 42.7 Å². The largest absolute Gasteiger partial charge is 0.465 e. The first-order valence-corrected chi connectivity index (χ1v) is 14.9. The summed E-state index contributed by atoms with van der Waals surface area (Å²) < 4.78 is 28.9. The van der Waals surface area contributed by atoms with Gasteiger partial charge in [0.05, 0.1) is 27.5 Å². The molecule has 1 aliphatic carbocycles. The van der Waals surface area contributed by atoms with E-state index in [1.165, 1.54) is 6.20 Å². The monoisotopic (exact) mass is 581 g/mol. The summed E-state index contributed by atoms with van der Waals surface area (Å²) in [6.45, 7) is 1.88. The molecule has 1 aliphatic rings. The van der Waals surface area contributed by atoms with Crippen LogP contribution in [0.25, 0.3) is 32.9 Å². The molecule has 212 valence electrons. The number of pyridine rings is 1. The lowest BCUT2D eigenvalue weighted by atomic mass is 9.90. The molecule has 0 saturated heterocycles. The molecule has 2 atom stereocenters. The van der Waals surface area contributed by atoms with Crippen molar-refractivity contribution in [3.8, 4) is 17.2 Å². The number of aromatic nitrogens is 4. The van der Waals surface area contributed by atoms with Crippen molar-refractivity contribution >= 4 is 43.9 Å². The van der Waals surface area contributed by atoms with Crippen molar-refractivity contribution in [2.24, 2.45) is 0 Å². The number of nitrogens with zero attached hydrogens (tertiary/aromatic N) is 5. The Balaban J connectivity index is 1.50. The molecule has 0 aliphatic heterocycles. The van der Waals surface area contributed by atoms with Crippen molar-refractivity contribution in [3.63, 3.8) is 0 Å². The molecule has 3 aromatic heterocycles. The first-order chi connectivity index (χ1) is 20.3. The summed E-state index contributed by atoms with van der Waals surface area (Å²) in [6, 6.07) is 13.3. The minimum absolute atomic E-state index is 0.103. The van der Waals surface area contributed by atoms with E-state index in [4.69, 9.17) is 4.98 Å². The predicted octanol–water partition coefficient (Wildman–Crippen LogP) is 5.05. The van der Waals surface area contributed by atoms with Gasteiger partial charge in [-0.2, -0.15) is 5.26 Å². The maximum absolute atomic E-state index is 13.9. The summed E-state index contributed by atoms with van der Waals surface area (Å²) in [5, 5.41) is 26.3. The highest BCUT2D eigenvalue weighted by atomic mass is 32.2. The fourth-order valence-electron chi connectivity index (χ4n) is 5.59. The topological polar surface area (TPSA) is 163 Å². The van der Waals surface area contributed by atoms with Gasteiger partial charge in [0.1, 0.15) is 6.07 Å². The lowest BCUT2D eigenvalue weighted by Crippen LogP contribution is -2.48. The minimum atomic E-state index is -4.05. The third-order valence-corrected chi connectivity index (χ3v) is 9.33. The Hall–Kier alpha value is -5.02. The number of anilines is 1. The second-order valence-corrected chi connectivity index (χ2v) is 12.2. The average Bonchev–Trinajstić information content (AvgIpc) is 3.38. The zero-order valence-corrected chi connectivity index (χ0v) is 23.5. The van der Waals surface area contributed by atoms with Crippen LogP contribution in [0.4, 0.5) is 10.7 Å². The van der Waals surface area contributed by atoms with Gasteiger partial charge in [-0.3, -0.25) is 4.98 Å². The van der Waals surface area contributed by atoms with Crippen LogP contribution in [-0.2, 0) is 10.0 Å². The zero-order chi connectivity index (χ0) is 29.4. The van der Waals surface area contributed by atoms with Crippen LogP contribution in [0.15, 0.2) is 72.1 Å². The van der Waals surface area contributed by atoms with Gasteiger partial charge < -0.3 is 15.7 Å². The molecular formula is C30H27N7O4S. The van der Waals surface area contributed by atoms with Gasteiger partial charge in [-0.25, -0.2) is 27.2 Å². The Labute approximate surface area is 241 Å². The summed E-state index contributed by atoms with van der Waals surface area (Å²) in [5.74, 6) is 0.327. The first kappa shape index (κ1) is 27.2. The number of nitrogens with one attached hydrogen (secondary N) is 2. The number of carbonyl (C=O) groups is 1. The van der Waals surface area contributed by atoms with E-state index in [1.54, 1.807) is 61.1 Å².